The molecular formula is C17H31IN4O2. The van der Waals surface area contributed by atoms with Crippen LogP contribution in [0.2, 0.25) is 0 Å². The Kier molecular flexibility index (Phi) is 6.26. The summed E-state index contributed by atoms with van der Waals surface area (Å²) in [4.78, 5) is 9.67. The van der Waals surface area contributed by atoms with Crippen LogP contribution in [0.5, 0.6) is 0 Å². The van der Waals surface area contributed by atoms with Crippen molar-refractivity contribution in [1.29, 1.82) is 0 Å². The first kappa shape index (κ1) is 18.7. The molecule has 5 unspecified atom stereocenters. The van der Waals surface area contributed by atoms with Gasteiger partial charge in [-0.3, -0.25) is 4.99 Å². The van der Waals surface area contributed by atoms with Gasteiger partial charge in [-0.25, -0.2) is 0 Å². The number of morpholine rings is 1. The number of fused-ring (bicyclic) bond motifs is 5. The summed E-state index contributed by atoms with van der Waals surface area (Å²) in [6.07, 6.45) is 3.76. The molecule has 0 aromatic rings. The predicted octanol–water partition coefficient (Wildman–Crippen LogP) is 1.01. The Balaban J connectivity index is 0.00000169. The highest BCUT2D eigenvalue weighted by Gasteiger charge is 2.53. The minimum Gasteiger partial charge on any atom is -0.374 e. The van der Waals surface area contributed by atoms with Crippen molar-refractivity contribution in [3.05, 3.63) is 0 Å². The van der Waals surface area contributed by atoms with Gasteiger partial charge < -0.3 is 24.6 Å². The van der Waals surface area contributed by atoms with Gasteiger partial charge in [-0.05, 0) is 26.8 Å². The Bertz CT molecular complexity index is 446. The summed E-state index contributed by atoms with van der Waals surface area (Å²) in [5, 5.41) is 3.48. The fraction of sp³-hybridized carbons (Fsp3) is 0.941. The van der Waals surface area contributed by atoms with Crippen molar-refractivity contribution >= 4 is 29.9 Å². The molecule has 0 saturated carbocycles. The summed E-state index contributed by atoms with van der Waals surface area (Å²) < 4.78 is 11.9. The first-order chi connectivity index (χ1) is 11.2. The van der Waals surface area contributed by atoms with Crippen molar-refractivity contribution in [1.82, 2.24) is 15.1 Å². The van der Waals surface area contributed by atoms with Crippen LogP contribution in [0, 0.1) is 11.8 Å². The topological polar surface area (TPSA) is 49.3 Å². The molecule has 0 radical (unpaired) electrons. The number of aliphatic imine (C=N–C) groups is 1. The van der Waals surface area contributed by atoms with Gasteiger partial charge in [-0.2, -0.15) is 0 Å². The Morgan fingerprint density at radius 1 is 1.17 bits per heavy atom. The molecule has 4 aliphatic rings. The van der Waals surface area contributed by atoms with E-state index in [1.807, 2.05) is 0 Å². The summed E-state index contributed by atoms with van der Waals surface area (Å²) in [7, 11) is 2.15. The van der Waals surface area contributed by atoms with Gasteiger partial charge in [0.05, 0.1) is 31.5 Å². The monoisotopic (exact) mass is 450 g/mol. The molecule has 2 bridgehead atoms. The Morgan fingerprint density at radius 2 is 1.88 bits per heavy atom. The molecule has 24 heavy (non-hydrogen) atoms. The van der Waals surface area contributed by atoms with Crippen LogP contribution in [0.4, 0.5) is 0 Å². The highest BCUT2D eigenvalue weighted by atomic mass is 127. The average molecular weight is 450 g/mol. The lowest BCUT2D eigenvalue weighted by atomic mass is 9.82. The van der Waals surface area contributed by atoms with Gasteiger partial charge in [-0.1, -0.05) is 0 Å². The molecule has 0 aromatic heterocycles. The maximum absolute atomic E-state index is 6.08. The molecule has 4 heterocycles. The van der Waals surface area contributed by atoms with E-state index in [2.05, 4.69) is 29.1 Å². The standard InChI is InChI=1S/C17H30N4O2.HI/c1-3-18-17(19-8-12-9-20(2)6-7-22-12)21-10-13-14(11-21)16-5-4-15(13)23-16;/h12-16H,3-11H2,1-2H3,(H,18,19);1H. The maximum Gasteiger partial charge on any atom is 0.194 e. The third kappa shape index (κ3) is 3.68. The van der Waals surface area contributed by atoms with Gasteiger partial charge in [0.25, 0.3) is 0 Å². The second-order valence-electron chi connectivity index (χ2n) is 7.47. The quantitative estimate of drug-likeness (QED) is 0.395. The van der Waals surface area contributed by atoms with Crippen molar-refractivity contribution in [3.63, 3.8) is 0 Å². The zero-order chi connectivity index (χ0) is 15.8. The second kappa shape index (κ2) is 8.05. The highest BCUT2D eigenvalue weighted by molar-refractivity contribution is 14.0. The van der Waals surface area contributed by atoms with Gasteiger partial charge >= 0.3 is 0 Å². The van der Waals surface area contributed by atoms with Crippen LogP contribution in [-0.4, -0.2) is 87.0 Å². The van der Waals surface area contributed by atoms with Crippen LogP contribution in [-0.2, 0) is 9.47 Å². The van der Waals surface area contributed by atoms with E-state index in [1.54, 1.807) is 0 Å². The van der Waals surface area contributed by atoms with Gasteiger partial charge in [0.15, 0.2) is 5.96 Å². The van der Waals surface area contributed by atoms with E-state index in [0.717, 1.165) is 63.7 Å². The lowest BCUT2D eigenvalue weighted by Gasteiger charge is -2.30. The number of guanidine groups is 1. The molecular weight excluding hydrogens is 419 g/mol. The van der Waals surface area contributed by atoms with E-state index >= 15 is 0 Å². The van der Waals surface area contributed by atoms with E-state index in [0.29, 0.717) is 12.2 Å². The third-order valence-electron chi connectivity index (χ3n) is 5.87. The molecule has 6 nitrogen and oxygen atoms in total. The van der Waals surface area contributed by atoms with E-state index in [9.17, 15) is 0 Å². The number of ether oxygens (including phenoxy) is 2. The number of hydrogen-bond acceptors (Lipinski definition) is 4. The van der Waals surface area contributed by atoms with Crippen molar-refractivity contribution in [2.24, 2.45) is 16.8 Å². The molecule has 4 aliphatic heterocycles. The Labute approximate surface area is 162 Å². The summed E-state index contributed by atoms with van der Waals surface area (Å²) in [6.45, 7) is 8.84. The summed E-state index contributed by atoms with van der Waals surface area (Å²) in [6, 6.07) is 0. The Hall–Kier alpha value is -0.120. The smallest absolute Gasteiger partial charge is 0.194 e. The summed E-state index contributed by atoms with van der Waals surface area (Å²) in [5.74, 6) is 2.50. The second-order valence-corrected chi connectivity index (χ2v) is 7.47. The number of likely N-dealkylation sites (N-methyl/N-ethyl adjacent to an activating group) is 1. The molecule has 4 fully saturated rings. The first-order valence-electron chi connectivity index (χ1n) is 9.23. The van der Waals surface area contributed by atoms with Crippen molar-refractivity contribution in [3.8, 4) is 0 Å². The van der Waals surface area contributed by atoms with Crippen LogP contribution in [0.15, 0.2) is 4.99 Å². The largest absolute Gasteiger partial charge is 0.374 e. The average Bonchev–Trinajstić information content (AvgIpc) is 3.23. The normalized spacial score (nSPS) is 39.0. The maximum atomic E-state index is 6.08. The van der Waals surface area contributed by atoms with Crippen molar-refractivity contribution in [2.45, 2.75) is 38.1 Å². The lowest BCUT2D eigenvalue weighted by molar-refractivity contribution is -0.0137. The highest BCUT2D eigenvalue weighted by Crippen LogP contribution is 2.47. The number of nitrogens with one attached hydrogen (secondary N) is 1. The third-order valence-corrected chi connectivity index (χ3v) is 5.87. The molecule has 0 aromatic carbocycles. The van der Waals surface area contributed by atoms with Crippen LogP contribution in [0.25, 0.3) is 0 Å². The zero-order valence-corrected chi connectivity index (χ0v) is 17.1. The van der Waals surface area contributed by atoms with E-state index in [1.165, 1.54) is 12.8 Å². The number of rotatable bonds is 3. The number of halogens is 1. The van der Waals surface area contributed by atoms with Gasteiger partial charge in [-0.15, -0.1) is 24.0 Å². The van der Waals surface area contributed by atoms with Crippen LogP contribution < -0.4 is 5.32 Å². The predicted molar refractivity (Wildman–Crippen MR) is 105 cm³/mol. The van der Waals surface area contributed by atoms with Crippen LogP contribution >= 0.6 is 24.0 Å². The van der Waals surface area contributed by atoms with Crippen LogP contribution in [0.1, 0.15) is 19.8 Å². The zero-order valence-electron chi connectivity index (χ0n) is 14.8. The van der Waals surface area contributed by atoms with Crippen LogP contribution in [0.3, 0.4) is 0 Å². The summed E-state index contributed by atoms with van der Waals surface area (Å²) >= 11 is 0. The molecule has 4 rings (SSSR count). The molecule has 138 valence electrons. The fourth-order valence-electron chi connectivity index (χ4n) is 4.72. The molecule has 7 heteroatoms. The fourth-order valence-corrected chi connectivity index (χ4v) is 4.72. The van der Waals surface area contributed by atoms with E-state index in [4.69, 9.17) is 14.5 Å². The SMILES string of the molecule is CCNC(=NCC1CN(C)CCO1)N1CC2C3CCC(O3)C2C1.I. The van der Waals surface area contributed by atoms with E-state index < -0.39 is 0 Å². The minimum atomic E-state index is 0. The summed E-state index contributed by atoms with van der Waals surface area (Å²) in [5.41, 5.74) is 0. The number of likely N-dealkylation sites (tertiary alicyclic amines) is 1. The van der Waals surface area contributed by atoms with Gasteiger partial charge in [0.1, 0.15) is 0 Å². The number of nitrogens with zero attached hydrogens (tertiary/aromatic N) is 3. The van der Waals surface area contributed by atoms with Crippen molar-refractivity contribution in [2.75, 3.05) is 52.9 Å². The van der Waals surface area contributed by atoms with E-state index in [-0.39, 0.29) is 30.1 Å². The molecule has 1 N–H and O–H groups in total. The Morgan fingerprint density at radius 3 is 2.50 bits per heavy atom. The van der Waals surface area contributed by atoms with Crippen molar-refractivity contribution < 1.29 is 9.47 Å². The minimum absolute atomic E-state index is 0. The van der Waals surface area contributed by atoms with Gasteiger partial charge in [0, 0.05) is 44.6 Å². The van der Waals surface area contributed by atoms with Gasteiger partial charge in [0.2, 0.25) is 0 Å². The molecule has 0 spiro atoms. The first-order valence-corrected chi connectivity index (χ1v) is 9.23. The molecule has 5 atom stereocenters. The molecule has 0 amide bonds. The lowest BCUT2D eigenvalue weighted by Crippen LogP contribution is -2.44. The molecule has 0 aliphatic carbocycles. The molecule has 4 saturated heterocycles. The number of hydrogen-bond donors (Lipinski definition) is 1.